The van der Waals surface area contributed by atoms with E-state index in [0.717, 1.165) is 22.2 Å². The number of H-pyrrole nitrogens is 2. The Labute approximate surface area is 214 Å². The molecule has 3 aromatic heterocycles. The fraction of sp³-hybridized carbons (Fsp3) is 0.0870. The lowest BCUT2D eigenvalue weighted by atomic mass is 10.1. The van der Waals surface area contributed by atoms with Crippen molar-refractivity contribution in [3.05, 3.63) is 111 Å². The lowest BCUT2D eigenvalue weighted by molar-refractivity contribution is 0.0942. The number of thiophene rings is 1. The van der Waals surface area contributed by atoms with E-state index in [1.54, 1.807) is 12.1 Å². The Kier molecular flexibility index (Phi) is 6.16. The van der Waals surface area contributed by atoms with E-state index in [1.807, 2.05) is 0 Å². The lowest BCUT2D eigenvalue weighted by Gasteiger charge is -2.15. The van der Waals surface area contributed by atoms with E-state index in [0.29, 0.717) is 14.8 Å². The predicted molar refractivity (Wildman–Crippen MR) is 136 cm³/mol. The highest BCUT2D eigenvalue weighted by Gasteiger charge is 2.23. The summed E-state index contributed by atoms with van der Waals surface area (Å²) in [5.74, 6) is -0.777. The average molecular weight is 544 g/mol. The van der Waals surface area contributed by atoms with E-state index in [4.69, 9.17) is 11.6 Å². The van der Waals surface area contributed by atoms with Gasteiger partial charge in [-0.1, -0.05) is 11.6 Å². The molecule has 5 aromatic rings. The minimum Gasteiger partial charge on any atom is -0.337 e. The Morgan fingerprint density at radius 3 is 2.50 bits per heavy atom. The number of aromatic amines is 2. The highest BCUT2D eigenvalue weighted by molar-refractivity contribution is 7.16. The fourth-order valence-electron chi connectivity index (χ4n) is 3.68. The SMILES string of the molecule is Cc1cc2[nH]c(=O)n(-c3ccc(C(=O)NC(c4nsc(=O)[nH]4)c4ccc(Cl)s4)cc3)c(=O)c2cc1F. The van der Waals surface area contributed by atoms with Crippen LogP contribution in [0.3, 0.4) is 0 Å². The molecule has 182 valence electrons. The largest absolute Gasteiger partial charge is 0.337 e. The van der Waals surface area contributed by atoms with Crippen LogP contribution < -0.4 is 21.4 Å². The monoisotopic (exact) mass is 543 g/mol. The van der Waals surface area contributed by atoms with Crippen LogP contribution in [0.2, 0.25) is 4.34 Å². The van der Waals surface area contributed by atoms with E-state index in [9.17, 15) is 23.6 Å². The van der Waals surface area contributed by atoms with Gasteiger partial charge in [-0.05, 0) is 61.0 Å². The summed E-state index contributed by atoms with van der Waals surface area (Å²) in [6, 6.07) is 10.9. The average Bonchev–Trinajstić information content (AvgIpc) is 3.47. The third kappa shape index (κ3) is 4.41. The first-order chi connectivity index (χ1) is 17.2. The maximum absolute atomic E-state index is 14.0. The van der Waals surface area contributed by atoms with Crippen LogP contribution in [0.4, 0.5) is 4.39 Å². The maximum atomic E-state index is 14.0. The van der Waals surface area contributed by atoms with Crippen molar-refractivity contribution in [2.45, 2.75) is 13.0 Å². The van der Waals surface area contributed by atoms with Gasteiger partial charge in [0, 0.05) is 22.0 Å². The number of hydrogen-bond donors (Lipinski definition) is 3. The van der Waals surface area contributed by atoms with Crippen LogP contribution in [0.5, 0.6) is 0 Å². The molecule has 3 N–H and O–H groups in total. The number of benzene rings is 2. The van der Waals surface area contributed by atoms with Gasteiger partial charge in [0.25, 0.3) is 11.5 Å². The van der Waals surface area contributed by atoms with Crippen molar-refractivity contribution in [2.24, 2.45) is 0 Å². The molecule has 13 heteroatoms. The third-order valence-electron chi connectivity index (χ3n) is 5.45. The summed E-state index contributed by atoms with van der Waals surface area (Å²) >= 11 is 8.01. The number of aryl methyl sites for hydroxylation is 1. The normalized spacial score (nSPS) is 12.1. The topological polar surface area (TPSA) is 130 Å². The Balaban J connectivity index is 1.47. The molecule has 1 unspecified atom stereocenters. The smallest absolute Gasteiger partial charge is 0.333 e. The molecule has 0 aliphatic rings. The number of aromatic nitrogens is 4. The quantitative estimate of drug-likeness (QED) is 0.312. The second-order valence-electron chi connectivity index (χ2n) is 7.79. The van der Waals surface area contributed by atoms with Gasteiger partial charge in [-0.15, -0.1) is 11.3 Å². The molecule has 1 atom stereocenters. The molecular formula is C23H15ClFN5O4S2. The number of rotatable bonds is 5. The molecule has 2 aromatic carbocycles. The summed E-state index contributed by atoms with van der Waals surface area (Å²) in [7, 11) is 0. The number of hydrogen-bond acceptors (Lipinski definition) is 7. The van der Waals surface area contributed by atoms with Crippen LogP contribution in [-0.4, -0.2) is 24.8 Å². The zero-order chi connectivity index (χ0) is 25.6. The first kappa shape index (κ1) is 23.9. The molecule has 0 bridgehead atoms. The van der Waals surface area contributed by atoms with E-state index < -0.39 is 29.0 Å². The molecule has 36 heavy (non-hydrogen) atoms. The zero-order valence-electron chi connectivity index (χ0n) is 18.3. The predicted octanol–water partition coefficient (Wildman–Crippen LogP) is 3.51. The molecule has 0 aliphatic carbocycles. The second kappa shape index (κ2) is 9.30. The molecule has 5 rings (SSSR count). The van der Waals surface area contributed by atoms with Gasteiger partial charge in [-0.3, -0.25) is 19.4 Å². The molecule has 0 aliphatic heterocycles. The summed E-state index contributed by atoms with van der Waals surface area (Å²) in [6.07, 6.45) is 0. The van der Waals surface area contributed by atoms with E-state index in [-0.39, 0.29) is 32.9 Å². The van der Waals surface area contributed by atoms with Gasteiger partial charge in [0.2, 0.25) is 0 Å². The number of carbonyl (C=O) groups excluding carboxylic acids is 1. The summed E-state index contributed by atoms with van der Waals surface area (Å²) in [4.78, 5) is 55.7. The van der Waals surface area contributed by atoms with Crippen molar-refractivity contribution in [1.82, 2.24) is 24.2 Å². The van der Waals surface area contributed by atoms with E-state index in [2.05, 4.69) is 19.7 Å². The van der Waals surface area contributed by atoms with Crippen molar-refractivity contribution in [1.29, 1.82) is 0 Å². The minimum atomic E-state index is -0.738. The van der Waals surface area contributed by atoms with Gasteiger partial charge in [-0.2, -0.15) is 4.37 Å². The first-order valence-electron chi connectivity index (χ1n) is 10.4. The van der Waals surface area contributed by atoms with Crippen LogP contribution in [0.1, 0.15) is 32.7 Å². The number of fused-ring (bicyclic) bond motifs is 1. The number of carbonyl (C=O) groups is 1. The number of amides is 1. The third-order valence-corrected chi connectivity index (χ3v) is 7.30. The van der Waals surface area contributed by atoms with Gasteiger partial charge in [-0.25, -0.2) is 13.8 Å². The highest BCUT2D eigenvalue weighted by atomic mass is 35.5. The van der Waals surface area contributed by atoms with Gasteiger partial charge in [0.1, 0.15) is 11.9 Å². The highest BCUT2D eigenvalue weighted by Crippen LogP contribution is 2.30. The second-order valence-corrected chi connectivity index (χ2v) is 10.3. The van der Waals surface area contributed by atoms with Crippen molar-refractivity contribution in [2.75, 3.05) is 0 Å². The summed E-state index contributed by atoms with van der Waals surface area (Å²) in [6.45, 7) is 1.53. The van der Waals surface area contributed by atoms with E-state index >= 15 is 0 Å². The van der Waals surface area contributed by atoms with Crippen LogP contribution >= 0.6 is 34.5 Å². The summed E-state index contributed by atoms with van der Waals surface area (Å²) in [5, 5.41) is 2.84. The van der Waals surface area contributed by atoms with Gasteiger partial charge in [0.15, 0.2) is 5.82 Å². The first-order valence-corrected chi connectivity index (χ1v) is 12.4. The van der Waals surface area contributed by atoms with Crippen molar-refractivity contribution >= 4 is 51.3 Å². The molecule has 3 heterocycles. The number of nitrogens with zero attached hydrogens (tertiary/aromatic N) is 2. The Bertz CT molecular complexity index is 1800. The van der Waals surface area contributed by atoms with Crippen LogP contribution in [0.15, 0.2) is 62.9 Å². The molecule has 0 radical (unpaired) electrons. The molecule has 0 saturated carbocycles. The summed E-state index contributed by atoms with van der Waals surface area (Å²) in [5.41, 5.74) is -0.418. The minimum absolute atomic E-state index is 0.0224. The molecule has 1 amide bonds. The summed E-state index contributed by atoms with van der Waals surface area (Å²) < 4.78 is 19.5. The number of nitrogens with one attached hydrogen (secondary N) is 3. The lowest BCUT2D eigenvalue weighted by Crippen LogP contribution is -2.34. The molecular weight excluding hydrogens is 529 g/mol. The zero-order valence-corrected chi connectivity index (χ0v) is 20.7. The molecule has 0 saturated heterocycles. The van der Waals surface area contributed by atoms with Gasteiger partial charge < -0.3 is 10.3 Å². The van der Waals surface area contributed by atoms with Crippen LogP contribution in [0.25, 0.3) is 16.6 Å². The Morgan fingerprint density at radius 1 is 1.11 bits per heavy atom. The van der Waals surface area contributed by atoms with Crippen LogP contribution in [0, 0.1) is 12.7 Å². The molecule has 9 nitrogen and oxygen atoms in total. The fourth-order valence-corrected chi connectivity index (χ4v) is 5.28. The van der Waals surface area contributed by atoms with Crippen LogP contribution in [-0.2, 0) is 0 Å². The van der Waals surface area contributed by atoms with Gasteiger partial charge >= 0.3 is 10.6 Å². The van der Waals surface area contributed by atoms with Crippen molar-refractivity contribution in [3.63, 3.8) is 0 Å². The van der Waals surface area contributed by atoms with Gasteiger partial charge in [0.05, 0.1) is 20.9 Å². The van der Waals surface area contributed by atoms with Crippen molar-refractivity contribution in [3.8, 4) is 5.69 Å². The molecule has 0 spiro atoms. The van der Waals surface area contributed by atoms with E-state index in [1.165, 1.54) is 48.6 Å². The maximum Gasteiger partial charge on any atom is 0.333 e. The van der Waals surface area contributed by atoms with Crippen molar-refractivity contribution < 1.29 is 9.18 Å². The molecule has 0 fully saturated rings. The number of halogens is 2. The Morgan fingerprint density at radius 2 is 1.86 bits per heavy atom. The standard InChI is InChI=1S/C23H15ClFN5O4S2/c1-10-8-15-13(9-14(10)25)21(32)30(22(33)26-15)12-4-2-11(3-5-12)20(31)27-18(16-6-7-17(24)35-16)19-28-23(34)36-29-19/h2-9,18H,1H3,(H,26,33)(H,27,31)(H,28,29,34). The Hall–Kier alpha value is -3.87.